The third-order valence-corrected chi connectivity index (χ3v) is 5.55. The van der Waals surface area contributed by atoms with Gasteiger partial charge in [-0.15, -0.1) is 10.2 Å². The van der Waals surface area contributed by atoms with Gasteiger partial charge in [0.05, 0.1) is 10.9 Å². The molecule has 0 aliphatic heterocycles. The maximum absolute atomic E-state index is 14.0. The highest BCUT2D eigenvalue weighted by atomic mass is 32.2. The maximum Gasteiger partial charge on any atom is 0.237 e. The van der Waals surface area contributed by atoms with Gasteiger partial charge in [-0.05, 0) is 52.0 Å². The largest absolute Gasteiger partial charge is 0.480 e. The second-order valence-corrected chi connectivity index (χ2v) is 8.53. The molecule has 0 saturated heterocycles. The molecule has 0 aliphatic rings. The first-order valence-corrected chi connectivity index (χ1v) is 10.7. The molecular weight excluding hydrogens is 422 g/mol. The molecule has 1 N–H and O–H groups in total. The Kier molecular flexibility index (Phi) is 7.27. The number of amides is 1. The number of para-hydroxylation sites is 2. The van der Waals surface area contributed by atoms with E-state index in [4.69, 9.17) is 4.74 Å². The van der Waals surface area contributed by atoms with Crippen molar-refractivity contribution in [1.29, 1.82) is 0 Å². The summed E-state index contributed by atoms with van der Waals surface area (Å²) in [5.74, 6) is -0.675. The molecule has 0 spiro atoms. The van der Waals surface area contributed by atoms with E-state index >= 15 is 0 Å². The zero-order valence-electron chi connectivity index (χ0n) is 17.7. The first kappa shape index (κ1) is 22.7. The molecule has 164 valence electrons. The summed E-state index contributed by atoms with van der Waals surface area (Å²) in [4.78, 5) is 12.5. The minimum atomic E-state index is -0.566. The number of thioether (sulfide) groups is 1. The number of benzene rings is 2. The van der Waals surface area contributed by atoms with Gasteiger partial charge in [-0.25, -0.2) is 8.78 Å². The highest BCUT2D eigenvalue weighted by Gasteiger charge is 2.25. The molecule has 0 fully saturated rings. The van der Waals surface area contributed by atoms with Crippen LogP contribution in [-0.2, 0) is 4.79 Å². The van der Waals surface area contributed by atoms with Gasteiger partial charge in [0.2, 0.25) is 5.91 Å². The number of hydrogen-bond acceptors (Lipinski definition) is 5. The highest BCUT2D eigenvalue weighted by molar-refractivity contribution is 8.00. The zero-order valence-corrected chi connectivity index (χ0v) is 18.5. The van der Waals surface area contributed by atoms with Crippen molar-refractivity contribution >= 4 is 23.4 Å². The normalized spacial score (nSPS) is 13.1. The molecule has 2 atom stereocenters. The molecule has 0 bridgehead atoms. The Balaban J connectivity index is 1.76. The quantitative estimate of drug-likeness (QED) is 0.470. The van der Waals surface area contributed by atoms with Gasteiger partial charge >= 0.3 is 0 Å². The van der Waals surface area contributed by atoms with Gasteiger partial charge in [-0.1, -0.05) is 36.0 Å². The van der Waals surface area contributed by atoms with Crippen molar-refractivity contribution in [3.05, 3.63) is 66.0 Å². The van der Waals surface area contributed by atoms with E-state index in [9.17, 15) is 13.6 Å². The molecule has 0 saturated carbocycles. The minimum absolute atomic E-state index is 0.0269. The van der Waals surface area contributed by atoms with Gasteiger partial charge in [-0.3, -0.25) is 4.79 Å². The van der Waals surface area contributed by atoms with Gasteiger partial charge in [0.25, 0.3) is 0 Å². The fourth-order valence-electron chi connectivity index (χ4n) is 2.92. The first-order valence-electron chi connectivity index (χ1n) is 9.86. The van der Waals surface area contributed by atoms with Crippen LogP contribution in [-0.4, -0.2) is 25.9 Å². The van der Waals surface area contributed by atoms with Crippen LogP contribution in [0.1, 0.15) is 45.7 Å². The average Bonchev–Trinajstić information content (AvgIpc) is 3.15. The number of halogens is 2. The summed E-state index contributed by atoms with van der Waals surface area (Å²) in [6.07, 6.45) is -0.566. The Bertz CT molecular complexity index is 1060. The fraction of sp³-hybridized carbons (Fsp3) is 0.318. The molecule has 1 aromatic heterocycles. The number of hydrogen-bond donors (Lipinski definition) is 1. The maximum atomic E-state index is 14.0. The number of anilines is 1. The monoisotopic (exact) mass is 446 g/mol. The van der Waals surface area contributed by atoms with Crippen LogP contribution < -0.4 is 10.1 Å². The van der Waals surface area contributed by atoms with Crippen LogP contribution in [0, 0.1) is 11.6 Å². The van der Waals surface area contributed by atoms with E-state index in [-0.39, 0.29) is 23.4 Å². The van der Waals surface area contributed by atoms with Crippen LogP contribution in [0.4, 0.5) is 14.5 Å². The van der Waals surface area contributed by atoms with Crippen molar-refractivity contribution in [1.82, 2.24) is 14.8 Å². The van der Waals surface area contributed by atoms with E-state index in [0.29, 0.717) is 11.0 Å². The summed E-state index contributed by atoms with van der Waals surface area (Å²) in [5, 5.41) is 11.0. The predicted octanol–water partition coefficient (Wildman–Crippen LogP) is 5.40. The Hall–Kier alpha value is -2.94. The van der Waals surface area contributed by atoms with Crippen LogP contribution in [0.2, 0.25) is 0 Å². The summed E-state index contributed by atoms with van der Waals surface area (Å²) < 4.78 is 35.4. The Morgan fingerprint density at radius 1 is 1.00 bits per heavy atom. The summed E-state index contributed by atoms with van der Waals surface area (Å²) in [7, 11) is 0. The van der Waals surface area contributed by atoms with Crippen LogP contribution in [0.25, 0.3) is 0 Å². The molecule has 3 aromatic rings. The first-order chi connectivity index (χ1) is 14.8. The lowest BCUT2D eigenvalue weighted by atomic mass is 10.3. The number of rotatable bonds is 8. The fourth-order valence-corrected chi connectivity index (χ4v) is 3.91. The Labute approximate surface area is 184 Å². The molecule has 0 aliphatic carbocycles. The molecule has 0 radical (unpaired) electrons. The lowest BCUT2D eigenvalue weighted by molar-refractivity contribution is -0.115. The van der Waals surface area contributed by atoms with E-state index in [2.05, 4.69) is 15.5 Å². The van der Waals surface area contributed by atoms with Gasteiger partial charge in [0.15, 0.2) is 28.7 Å². The molecule has 1 heterocycles. The summed E-state index contributed by atoms with van der Waals surface area (Å²) in [6.45, 7) is 7.38. The van der Waals surface area contributed by atoms with Gasteiger partial charge < -0.3 is 14.6 Å². The average molecular weight is 447 g/mol. The highest BCUT2D eigenvalue weighted by Crippen LogP contribution is 2.30. The molecule has 2 unspecified atom stereocenters. The zero-order chi connectivity index (χ0) is 22.5. The SMILES string of the molecule is CC(Sc1nnc(C(C)Oc2ccccc2F)n1C(C)C)C(=O)Nc1ccccc1F. The number of nitrogens with zero attached hydrogens (tertiary/aromatic N) is 3. The number of aromatic nitrogens is 3. The number of carbonyl (C=O) groups excluding carboxylic acids is 1. The summed E-state index contributed by atoms with van der Waals surface area (Å²) >= 11 is 1.20. The van der Waals surface area contributed by atoms with Crippen molar-refractivity contribution in [2.45, 2.75) is 50.2 Å². The molecule has 3 rings (SSSR count). The Morgan fingerprint density at radius 3 is 2.29 bits per heavy atom. The molecule has 6 nitrogen and oxygen atoms in total. The van der Waals surface area contributed by atoms with Crippen molar-refractivity contribution in [3.63, 3.8) is 0 Å². The lowest BCUT2D eigenvalue weighted by Gasteiger charge is -2.20. The van der Waals surface area contributed by atoms with E-state index in [1.54, 1.807) is 44.2 Å². The second-order valence-electron chi connectivity index (χ2n) is 7.22. The summed E-state index contributed by atoms with van der Waals surface area (Å²) in [6, 6.07) is 12.1. The molecular formula is C22H24F2N4O2S. The predicted molar refractivity (Wildman–Crippen MR) is 116 cm³/mol. The topological polar surface area (TPSA) is 69.0 Å². The van der Waals surface area contributed by atoms with Crippen molar-refractivity contribution in [3.8, 4) is 5.75 Å². The van der Waals surface area contributed by atoms with Crippen molar-refractivity contribution in [2.24, 2.45) is 0 Å². The van der Waals surface area contributed by atoms with Crippen LogP contribution >= 0.6 is 11.8 Å². The van der Waals surface area contributed by atoms with E-state index < -0.39 is 23.0 Å². The molecule has 1 amide bonds. The number of carbonyl (C=O) groups is 1. The third-order valence-electron chi connectivity index (χ3n) is 4.49. The van der Waals surface area contributed by atoms with Gasteiger partial charge in [0.1, 0.15) is 5.82 Å². The van der Waals surface area contributed by atoms with Crippen LogP contribution in [0.5, 0.6) is 5.75 Å². The number of ether oxygens (including phenoxy) is 1. The second kappa shape index (κ2) is 9.91. The van der Waals surface area contributed by atoms with Crippen LogP contribution in [0.15, 0.2) is 53.7 Å². The van der Waals surface area contributed by atoms with Crippen molar-refractivity contribution < 1.29 is 18.3 Å². The van der Waals surface area contributed by atoms with E-state index in [1.807, 2.05) is 18.4 Å². The standard InChI is InChI=1S/C22H24F2N4O2S/c1-13(2)28-20(14(3)30-19-12-8-6-10-17(19)24)26-27-22(28)31-15(4)21(29)25-18-11-7-5-9-16(18)23/h5-15H,1-4H3,(H,25,29). The number of nitrogens with one attached hydrogen (secondary N) is 1. The lowest BCUT2D eigenvalue weighted by Crippen LogP contribution is -2.24. The minimum Gasteiger partial charge on any atom is -0.480 e. The van der Waals surface area contributed by atoms with Crippen molar-refractivity contribution in [2.75, 3.05) is 5.32 Å². The van der Waals surface area contributed by atoms with E-state index in [1.165, 1.54) is 30.0 Å². The molecule has 31 heavy (non-hydrogen) atoms. The smallest absolute Gasteiger partial charge is 0.237 e. The molecule has 2 aromatic carbocycles. The van der Waals surface area contributed by atoms with Gasteiger partial charge in [-0.2, -0.15) is 0 Å². The van der Waals surface area contributed by atoms with E-state index in [0.717, 1.165) is 0 Å². The van der Waals surface area contributed by atoms with Crippen LogP contribution in [0.3, 0.4) is 0 Å². The Morgan fingerprint density at radius 2 is 1.65 bits per heavy atom. The third kappa shape index (κ3) is 5.41. The van der Waals surface area contributed by atoms with Gasteiger partial charge in [0, 0.05) is 6.04 Å². The summed E-state index contributed by atoms with van der Waals surface area (Å²) in [5.41, 5.74) is 0.123. The molecule has 9 heteroatoms.